The van der Waals surface area contributed by atoms with Crippen LogP contribution < -0.4 is 10.6 Å². The van der Waals surface area contributed by atoms with Gasteiger partial charge in [0.25, 0.3) is 0 Å². The van der Waals surface area contributed by atoms with Crippen molar-refractivity contribution < 1.29 is 0 Å². The molecule has 0 aliphatic carbocycles. The summed E-state index contributed by atoms with van der Waals surface area (Å²) in [5, 5.41) is 3.48. The van der Waals surface area contributed by atoms with E-state index in [-0.39, 0.29) is 0 Å². The lowest BCUT2D eigenvalue weighted by molar-refractivity contribution is 0.963. The highest BCUT2D eigenvalue weighted by molar-refractivity contribution is 5.79. The van der Waals surface area contributed by atoms with E-state index in [0.717, 1.165) is 23.8 Å². The van der Waals surface area contributed by atoms with Crippen molar-refractivity contribution in [2.45, 2.75) is 6.42 Å². The Morgan fingerprint density at radius 3 is 3.14 bits per heavy atom. The second-order valence-corrected chi connectivity index (χ2v) is 3.45. The molecule has 1 aliphatic heterocycles. The van der Waals surface area contributed by atoms with Crippen LogP contribution in [0.5, 0.6) is 0 Å². The van der Waals surface area contributed by atoms with E-state index in [1.54, 1.807) is 0 Å². The van der Waals surface area contributed by atoms with Crippen molar-refractivity contribution in [1.82, 2.24) is 4.98 Å². The van der Waals surface area contributed by atoms with Crippen molar-refractivity contribution in [2.24, 2.45) is 4.99 Å². The predicted octanol–water partition coefficient (Wildman–Crippen LogP) is 1.04. The van der Waals surface area contributed by atoms with Gasteiger partial charge in [0.2, 0.25) is 0 Å². The predicted molar refractivity (Wildman–Crippen MR) is 56.5 cm³/mol. The Balaban J connectivity index is 2.60. The summed E-state index contributed by atoms with van der Waals surface area (Å²) in [4.78, 5) is 8.88. The van der Waals surface area contributed by atoms with Gasteiger partial charge in [0.1, 0.15) is 0 Å². The molecule has 2 nitrogen and oxygen atoms in total. The van der Waals surface area contributed by atoms with Crippen LogP contribution in [0.1, 0.15) is 6.42 Å². The van der Waals surface area contributed by atoms with Gasteiger partial charge in [0, 0.05) is 23.3 Å². The molecule has 0 radical (unpaired) electrons. The Hall–Kier alpha value is -1.70. The van der Waals surface area contributed by atoms with E-state index < -0.39 is 0 Å². The quantitative estimate of drug-likeness (QED) is 0.597. The molecule has 1 aliphatic rings. The number of aromatic nitrogens is 1. The van der Waals surface area contributed by atoms with Gasteiger partial charge in [-0.25, -0.2) is 0 Å². The first-order chi connectivity index (χ1) is 6.95. The molecule has 0 bridgehead atoms. The van der Waals surface area contributed by atoms with Crippen LogP contribution in [0, 0.1) is 0 Å². The zero-order valence-electron chi connectivity index (χ0n) is 7.77. The van der Waals surface area contributed by atoms with Crippen LogP contribution in [0.15, 0.2) is 35.5 Å². The average Bonchev–Trinajstić information content (AvgIpc) is 2.29. The van der Waals surface area contributed by atoms with Crippen LogP contribution in [0.4, 0.5) is 0 Å². The van der Waals surface area contributed by atoms with E-state index in [1.807, 2.05) is 12.3 Å². The number of fused-ring (bicyclic) bond motifs is 3. The highest BCUT2D eigenvalue weighted by Gasteiger charge is 2.00. The van der Waals surface area contributed by atoms with Gasteiger partial charge < -0.3 is 0 Å². The number of benzene rings is 1. The third kappa shape index (κ3) is 1.04. The molecule has 2 heterocycles. The summed E-state index contributed by atoms with van der Waals surface area (Å²) in [6, 6.07) is 8.22. The summed E-state index contributed by atoms with van der Waals surface area (Å²) in [7, 11) is 0. The zero-order valence-corrected chi connectivity index (χ0v) is 7.77. The molecule has 0 N–H and O–H groups in total. The lowest BCUT2D eigenvalue weighted by Crippen LogP contribution is -2.29. The molecule has 0 fully saturated rings. The van der Waals surface area contributed by atoms with Crippen molar-refractivity contribution >= 4 is 17.0 Å². The minimum absolute atomic E-state index is 0.908. The highest BCUT2D eigenvalue weighted by atomic mass is 14.7. The monoisotopic (exact) mass is 182 g/mol. The maximum Gasteiger partial charge on any atom is 0.0792 e. The second-order valence-electron chi connectivity index (χ2n) is 3.45. The van der Waals surface area contributed by atoms with Crippen LogP contribution in [-0.2, 0) is 0 Å². The van der Waals surface area contributed by atoms with Crippen LogP contribution in [-0.4, -0.2) is 11.5 Å². The van der Waals surface area contributed by atoms with Crippen molar-refractivity contribution in [1.29, 1.82) is 0 Å². The fraction of sp³-hybridized carbons (Fsp3) is 0.167. The molecular weight excluding hydrogens is 172 g/mol. The molecule has 2 heteroatoms. The molecule has 0 saturated heterocycles. The van der Waals surface area contributed by atoms with E-state index in [4.69, 9.17) is 0 Å². The Morgan fingerprint density at radius 2 is 2.14 bits per heavy atom. The molecule has 0 saturated carbocycles. The fourth-order valence-corrected chi connectivity index (χ4v) is 1.89. The summed E-state index contributed by atoms with van der Waals surface area (Å²) >= 11 is 0. The number of hydrogen-bond donors (Lipinski definition) is 0. The second kappa shape index (κ2) is 2.91. The van der Waals surface area contributed by atoms with E-state index in [0.29, 0.717) is 0 Å². The zero-order chi connectivity index (χ0) is 9.38. The Morgan fingerprint density at radius 1 is 1.14 bits per heavy atom. The van der Waals surface area contributed by atoms with Crippen LogP contribution >= 0.6 is 0 Å². The SMILES string of the molecule is C1=c2c(ccc3cccnc23)=NCC1. The third-order valence-corrected chi connectivity index (χ3v) is 2.55. The topological polar surface area (TPSA) is 25.2 Å². The molecule has 0 atom stereocenters. The summed E-state index contributed by atoms with van der Waals surface area (Å²) in [6.45, 7) is 0.908. The van der Waals surface area contributed by atoms with Gasteiger partial charge >= 0.3 is 0 Å². The van der Waals surface area contributed by atoms with Crippen molar-refractivity contribution in [3.05, 3.63) is 41.0 Å². The fourth-order valence-electron chi connectivity index (χ4n) is 1.89. The smallest absolute Gasteiger partial charge is 0.0792 e. The van der Waals surface area contributed by atoms with Gasteiger partial charge in [-0.15, -0.1) is 0 Å². The molecular formula is C12H10N2. The largest absolute Gasteiger partial charge is 0.284 e. The summed E-state index contributed by atoms with van der Waals surface area (Å²) in [6.07, 6.45) is 5.10. The van der Waals surface area contributed by atoms with Gasteiger partial charge in [0.05, 0.1) is 10.9 Å². The van der Waals surface area contributed by atoms with E-state index >= 15 is 0 Å². The van der Waals surface area contributed by atoms with Crippen LogP contribution in [0.2, 0.25) is 0 Å². The molecule has 14 heavy (non-hydrogen) atoms. The van der Waals surface area contributed by atoms with Crippen LogP contribution in [0.3, 0.4) is 0 Å². The third-order valence-electron chi connectivity index (χ3n) is 2.55. The molecule has 68 valence electrons. The van der Waals surface area contributed by atoms with E-state index in [9.17, 15) is 0 Å². The molecule has 2 aromatic rings. The summed E-state index contributed by atoms with van der Waals surface area (Å²) in [5.74, 6) is 0. The van der Waals surface area contributed by atoms with Crippen molar-refractivity contribution in [2.75, 3.05) is 6.54 Å². The van der Waals surface area contributed by atoms with E-state index in [2.05, 4.69) is 34.3 Å². The first-order valence-electron chi connectivity index (χ1n) is 4.83. The number of hydrogen-bond acceptors (Lipinski definition) is 2. The Kier molecular flexibility index (Phi) is 1.60. The van der Waals surface area contributed by atoms with Gasteiger partial charge in [0.15, 0.2) is 0 Å². The van der Waals surface area contributed by atoms with Crippen molar-refractivity contribution in [3.63, 3.8) is 0 Å². The minimum atomic E-state index is 0.908. The van der Waals surface area contributed by atoms with E-state index in [1.165, 1.54) is 10.6 Å². The summed E-state index contributed by atoms with van der Waals surface area (Å²) < 4.78 is 0. The van der Waals surface area contributed by atoms with Gasteiger partial charge in [-0.05, 0) is 18.6 Å². The molecule has 1 aromatic carbocycles. The Bertz CT molecular complexity index is 599. The highest BCUT2D eigenvalue weighted by Crippen LogP contribution is 2.04. The lowest BCUT2D eigenvalue weighted by atomic mass is 10.1. The van der Waals surface area contributed by atoms with Gasteiger partial charge in [-0.3, -0.25) is 9.98 Å². The molecule has 3 rings (SSSR count). The standard InChI is InChI=1S/C12H10N2/c1-3-9-5-6-11-10(4-2-7-13-11)12(9)14-8-1/h1,3-6,8H,2,7H2. The number of pyridine rings is 1. The Labute approximate surface area is 81.6 Å². The number of rotatable bonds is 0. The van der Waals surface area contributed by atoms with Gasteiger partial charge in [-0.2, -0.15) is 0 Å². The molecule has 1 aromatic heterocycles. The minimum Gasteiger partial charge on any atom is -0.284 e. The molecule has 0 unspecified atom stereocenters. The van der Waals surface area contributed by atoms with Crippen molar-refractivity contribution in [3.8, 4) is 0 Å². The molecule has 0 spiro atoms. The maximum atomic E-state index is 4.47. The maximum absolute atomic E-state index is 4.47. The summed E-state index contributed by atoms with van der Waals surface area (Å²) in [5.41, 5.74) is 1.08. The first kappa shape index (κ1) is 7.68. The van der Waals surface area contributed by atoms with Gasteiger partial charge in [-0.1, -0.05) is 18.2 Å². The first-order valence-corrected chi connectivity index (χ1v) is 4.83. The number of nitrogens with zero attached hydrogens (tertiary/aromatic N) is 2. The normalized spacial score (nSPS) is 14.3. The lowest BCUT2D eigenvalue weighted by Gasteiger charge is -2.02. The molecule has 0 amide bonds. The van der Waals surface area contributed by atoms with Crippen LogP contribution in [0.25, 0.3) is 17.0 Å². The average molecular weight is 182 g/mol.